The van der Waals surface area contributed by atoms with E-state index in [2.05, 4.69) is 22.1 Å². The number of carbonyl (C=O) groups is 1. The monoisotopic (exact) mass is 276 g/mol. The summed E-state index contributed by atoms with van der Waals surface area (Å²) >= 11 is 0. The molecule has 0 aliphatic rings. The lowest BCUT2D eigenvalue weighted by atomic mass is 10.2. The van der Waals surface area contributed by atoms with Crippen molar-refractivity contribution in [2.75, 3.05) is 26.9 Å². The molecule has 0 aromatic carbocycles. The lowest BCUT2D eigenvalue weighted by Gasteiger charge is -2.11. The van der Waals surface area contributed by atoms with E-state index in [4.69, 9.17) is 9.84 Å². The smallest absolute Gasteiger partial charge is 0.269 e. The summed E-state index contributed by atoms with van der Waals surface area (Å²) < 4.78 is 5.00. The van der Waals surface area contributed by atoms with Gasteiger partial charge in [0.25, 0.3) is 5.91 Å². The number of methoxy groups -OCH3 is 1. The van der Waals surface area contributed by atoms with Gasteiger partial charge in [0.15, 0.2) is 0 Å². The van der Waals surface area contributed by atoms with Crippen molar-refractivity contribution in [2.24, 2.45) is 5.92 Å². The van der Waals surface area contributed by atoms with E-state index in [1.165, 1.54) is 0 Å². The van der Waals surface area contributed by atoms with Crippen LogP contribution in [-0.4, -0.2) is 42.9 Å². The number of amides is 1. The topological polar surface area (TPSA) is 71.5 Å². The summed E-state index contributed by atoms with van der Waals surface area (Å²) in [6.45, 7) is 3.19. The highest BCUT2D eigenvalue weighted by Crippen LogP contribution is 2.00. The maximum atomic E-state index is 11.8. The number of aliphatic hydroxyl groups excluding tert-OH is 1. The fraction of sp³-hybridized carbons (Fsp3) is 0.467. The highest BCUT2D eigenvalue weighted by atomic mass is 16.5. The van der Waals surface area contributed by atoms with Crippen LogP contribution in [0.3, 0.4) is 0 Å². The van der Waals surface area contributed by atoms with Gasteiger partial charge in [-0.2, -0.15) is 0 Å². The molecule has 0 fully saturated rings. The Hall–Kier alpha value is -1.90. The minimum atomic E-state index is -0.206. The van der Waals surface area contributed by atoms with Crippen LogP contribution in [0.4, 0.5) is 0 Å². The summed E-state index contributed by atoms with van der Waals surface area (Å²) in [6, 6.07) is 3.38. The summed E-state index contributed by atoms with van der Waals surface area (Å²) in [5.41, 5.74) is 1.09. The molecule has 1 atom stereocenters. The molecule has 1 unspecified atom stereocenters. The van der Waals surface area contributed by atoms with Gasteiger partial charge in [-0.1, -0.05) is 18.8 Å². The molecule has 1 aromatic rings. The third-order valence-corrected chi connectivity index (χ3v) is 2.53. The largest absolute Gasteiger partial charge is 0.395 e. The van der Waals surface area contributed by atoms with Gasteiger partial charge < -0.3 is 15.2 Å². The molecule has 0 saturated heterocycles. The first kappa shape index (κ1) is 16.2. The maximum absolute atomic E-state index is 11.8. The van der Waals surface area contributed by atoms with Crippen LogP contribution in [0.5, 0.6) is 0 Å². The lowest BCUT2D eigenvalue weighted by molar-refractivity contribution is 0.0929. The number of nitrogens with one attached hydrogen (secondary N) is 1. The molecule has 1 rings (SSSR count). The summed E-state index contributed by atoms with van der Waals surface area (Å²) in [7, 11) is 1.64. The molecule has 20 heavy (non-hydrogen) atoms. The zero-order chi connectivity index (χ0) is 14.8. The maximum Gasteiger partial charge on any atom is 0.269 e. The zero-order valence-corrected chi connectivity index (χ0v) is 11.8. The van der Waals surface area contributed by atoms with Gasteiger partial charge in [-0.3, -0.25) is 4.79 Å². The Labute approximate surface area is 119 Å². The summed E-state index contributed by atoms with van der Waals surface area (Å²) in [4.78, 5) is 15.9. The molecule has 1 amide bonds. The van der Waals surface area contributed by atoms with E-state index in [-0.39, 0.29) is 18.4 Å². The first-order valence-electron chi connectivity index (χ1n) is 6.50. The van der Waals surface area contributed by atoms with E-state index in [1.54, 1.807) is 25.4 Å². The second-order valence-corrected chi connectivity index (χ2v) is 4.48. The Morgan fingerprint density at radius 1 is 1.55 bits per heavy atom. The standard InChI is InChI=1S/C15H20N2O3/c1-12(11-20-2)9-17-15(19)14-7-6-13(10-16-14)5-3-4-8-18/h6-7,10,12,18H,4,8-9,11H2,1-2H3,(H,17,19). The van der Waals surface area contributed by atoms with Crippen molar-refractivity contribution in [1.82, 2.24) is 10.3 Å². The van der Waals surface area contributed by atoms with Crippen LogP contribution in [-0.2, 0) is 4.74 Å². The summed E-state index contributed by atoms with van der Waals surface area (Å²) in [6.07, 6.45) is 1.98. The first-order valence-corrected chi connectivity index (χ1v) is 6.50. The normalized spacial score (nSPS) is 11.3. The van der Waals surface area contributed by atoms with E-state index in [0.29, 0.717) is 25.3 Å². The molecule has 0 saturated carbocycles. The van der Waals surface area contributed by atoms with Crippen molar-refractivity contribution >= 4 is 5.91 Å². The van der Waals surface area contributed by atoms with Crippen molar-refractivity contribution in [3.8, 4) is 11.8 Å². The van der Waals surface area contributed by atoms with E-state index in [1.807, 2.05) is 6.92 Å². The fourth-order valence-electron chi connectivity index (χ4n) is 1.52. The van der Waals surface area contributed by atoms with Crippen molar-refractivity contribution < 1.29 is 14.6 Å². The number of carbonyl (C=O) groups excluding carboxylic acids is 1. The van der Waals surface area contributed by atoms with Crippen LogP contribution in [0.1, 0.15) is 29.4 Å². The number of hydrogen-bond donors (Lipinski definition) is 2. The molecule has 2 N–H and O–H groups in total. The first-order chi connectivity index (χ1) is 9.67. The molecule has 1 aromatic heterocycles. The van der Waals surface area contributed by atoms with Crippen molar-refractivity contribution in [3.63, 3.8) is 0 Å². The van der Waals surface area contributed by atoms with Gasteiger partial charge in [0.2, 0.25) is 0 Å². The number of ether oxygens (including phenoxy) is 1. The van der Waals surface area contributed by atoms with Gasteiger partial charge in [-0.25, -0.2) is 4.98 Å². The molecule has 0 bridgehead atoms. The Kier molecular flexibility index (Phi) is 7.33. The lowest BCUT2D eigenvalue weighted by Crippen LogP contribution is -2.30. The van der Waals surface area contributed by atoms with Crippen molar-refractivity contribution in [1.29, 1.82) is 0 Å². The van der Waals surface area contributed by atoms with Crippen LogP contribution >= 0.6 is 0 Å². The average Bonchev–Trinajstić information content (AvgIpc) is 2.46. The molecular formula is C15H20N2O3. The second kappa shape index (κ2) is 9.08. The van der Waals surface area contributed by atoms with E-state index in [0.717, 1.165) is 5.56 Å². The predicted octanol–water partition coefficient (Wildman–Crippen LogP) is 0.828. The molecule has 0 spiro atoms. The highest BCUT2D eigenvalue weighted by Gasteiger charge is 2.08. The van der Waals surface area contributed by atoms with Crippen LogP contribution in [0.2, 0.25) is 0 Å². The molecule has 108 valence electrons. The van der Waals surface area contributed by atoms with Gasteiger partial charge in [-0.05, 0) is 18.1 Å². The molecule has 0 aliphatic heterocycles. The molecule has 1 heterocycles. The number of rotatable bonds is 6. The number of aliphatic hydroxyl groups is 1. The van der Waals surface area contributed by atoms with Crippen molar-refractivity contribution in [2.45, 2.75) is 13.3 Å². The number of aromatic nitrogens is 1. The Balaban J connectivity index is 2.51. The molecule has 5 nitrogen and oxygen atoms in total. The van der Waals surface area contributed by atoms with E-state index in [9.17, 15) is 4.79 Å². The third-order valence-electron chi connectivity index (χ3n) is 2.53. The van der Waals surface area contributed by atoms with Crippen molar-refractivity contribution in [3.05, 3.63) is 29.6 Å². The van der Waals surface area contributed by atoms with E-state index >= 15 is 0 Å². The van der Waals surface area contributed by atoms with Crippen LogP contribution < -0.4 is 5.32 Å². The second-order valence-electron chi connectivity index (χ2n) is 4.48. The minimum absolute atomic E-state index is 0.0422. The van der Waals surface area contributed by atoms with E-state index < -0.39 is 0 Å². The van der Waals surface area contributed by atoms with Gasteiger partial charge in [0.1, 0.15) is 5.69 Å². The van der Waals surface area contributed by atoms with Crippen LogP contribution in [0, 0.1) is 17.8 Å². The quantitative estimate of drug-likeness (QED) is 0.755. The molecule has 5 heteroatoms. The average molecular weight is 276 g/mol. The Bertz CT molecular complexity index is 474. The van der Waals surface area contributed by atoms with Gasteiger partial charge in [0.05, 0.1) is 13.2 Å². The molecular weight excluding hydrogens is 256 g/mol. The number of pyridine rings is 1. The van der Waals surface area contributed by atoms with Gasteiger partial charge in [0, 0.05) is 31.8 Å². The summed E-state index contributed by atoms with van der Waals surface area (Å²) in [5, 5.41) is 11.4. The molecule has 0 aliphatic carbocycles. The highest BCUT2D eigenvalue weighted by molar-refractivity contribution is 5.92. The Morgan fingerprint density at radius 3 is 2.95 bits per heavy atom. The SMILES string of the molecule is COCC(C)CNC(=O)c1ccc(C#CCCO)cn1. The fourth-order valence-corrected chi connectivity index (χ4v) is 1.52. The number of nitrogens with zero attached hydrogens (tertiary/aromatic N) is 1. The van der Waals surface area contributed by atoms with Crippen LogP contribution in [0.25, 0.3) is 0 Å². The third kappa shape index (κ3) is 5.83. The number of hydrogen-bond acceptors (Lipinski definition) is 4. The van der Waals surface area contributed by atoms with Gasteiger partial charge >= 0.3 is 0 Å². The van der Waals surface area contributed by atoms with Crippen LogP contribution in [0.15, 0.2) is 18.3 Å². The minimum Gasteiger partial charge on any atom is -0.395 e. The predicted molar refractivity (Wildman–Crippen MR) is 76.2 cm³/mol. The van der Waals surface area contributed by atoms with Gasteiger partial charge in [-0.15, -0.1) is 0 Å². The molecule has 0 radical (unpaired) electrons. The zero-order valence-electron chi connectivity index (χ0n) is 11.8. The Morgan fingerprint density at radius 2 is 2.35 bits per heavy atom. The summed E-state index contributed by atoms with van der Waals surface area (Å²) in [5.74, 6) is 5.71.